The second-order valence-electron chi connectivity index (χ2n) is 5.19. The van der Waals surface area contributed by atoms with Gasteiger partial charge in [0.2, 0.25) is 5.91 Å². The van der Waals surface area contributed by atoms with Crippen LogP contribution in [0, 0.1) is 10.1 Å². The van der Waals surface area contributed by atoms with Crippen molar-refractivity contribution >= 4 is 35.7 Å². The number of nitro benzene ring substituents is 1. The summed E-state index contributed by atoms with van der Waals surface area (Å²) in [6, 6.07) is 5.03. The summed E-state index contributed by atoms with van der Waals surface area (Å²) >= 11 is 0. The van der Waals surface area contributed by atoms with Gasteiger partial charge in [-0.3, -0.25) is 24.6 Å². The first-order valence-corrected chi connectivity index (χ1v) is 6.88. The molecule has 0 bridgehead atoms. The van der Waals surface area contributed by atoms with Crippen molar-refractivity contribution in [2.24, 2.45) is 0 Å². The van der Waals surface area contributed by atoms with E-state index in [-0.39, 0.29) is 30.5 Å². The summed E-state index contributed by atoms with van der Waals surface area (Å²) in [5.41, 5.74) is 0.483. The number of carboxylic acids is 1. The molecule has 0 saturated carbocycles. The third-order valence-electron chi connectivity index (χ3n) is 3.81. The van der Waals surface area contributed by atoms with E-state index < -0.39 is 16.9 Å². The Bertz CT molecular complexity index is 593. The van der Waals surface area contributed by atoms with Gasteiger partial charge < -0.3 is 10.0 Å². The minimum atomic E-state index is -0.914. The van der Waals surface area contributed by atoms with Crippen LogP contribution in [0.4, 0.5) is 11.4 Å². The van der Waals surface area contributed by atoms with Crippen molar-refractivity contribution in [2.75, 3.05) is 25.0 Å². The normalized spacial score (nSPS) is 17.3. The van der Waals surface area contributed by atoms with E-state index in [0.717, 1.165) is 6.42 Å². The number of anilines is 1. The first-order chi connectivity index (χ1) is 10.4. The Morgan fingerprint density at radius 3 is 2.52 bits per heavy atom. The van der Waals surface area contributed by atoms with E-state index in [1.54, 1.807) is 11.9 Å². The largest absolute Gasteiger partial charge is 0.480 e. The molecule has 0 aromatic heterocycles. The molecule has 1 aliphatic rings. The molecule has 1 heterocycles. The van der Waals surface area contributed by atoms with Gasteiger partial charge in [-0.05, 0) is 31.5 Å². The number of hydrogen-bond acceptors (Lipinski definition) is 5. The Balaban J connectivity index is 0.00000264. The Hall–Kier alpha value is -2.19. The number of non-ortho nitro benzene ring substituents is 1. The number of amides is 1. The molecule has 8 nitrogen and oxygen atoms in total. The lowest BCUT2D eigenvalue weighted by Gasteiger charge is -2.24. The molecule has 0 spiro atoms. The summed E-state index contributed by atoms with van der Waals surface area (Å²) in [6.07, 6.45) is 1.30. The molecular formula is C14H18ClN3O5. The van der Waals surface area contributed by atoms with Gasteiger partial charge in [-0.25, -0.2) is 0 Å². The van der Waals surface area contributed by atoms with E-state index in [1.165, 1.54) is 29.2 Å². The fourth-order valence-corrected chi connectivity index (χ4v) is 2.52. The Morgan fingerprint density at radius 2 is 2.00 bits per heavy atom. The highest BCUT2D eigenvalue weighted by atomic mass is 35.5. The van der Waals surface area contributed by atoms with Crippen molar-refractivity contribution in [3.63, 3.8) is 0 Å². The molecule has 1 aromatic rings. The number of benzene rings is 1. The van der Waals surface area contributed by atoms with Gasteiger partial charge in [0.25, 0.3) is 5.69 Å². The second kappa shape index (κ2) is 7.89. The highest BCUT2D eigenvalue weighted by Crippen LogP contribution is 2.20. The fourth-order valence-electron chi connectivity index (χ4n) is 2.52. The number of carbonyl (C=O) groups is 2. The molecule has 1 atom stereocenters. The Labute approximate surface area is 139 Å². The van der Waals surface area contributed by atoms with E-state index in [0.29, 0.717) is 18.7 Å². The molecule has 9 heteroatoms. The van der Waals surface area contributed by atoms with Gasteiger partial charge in [-0.1, -0.05) is 0 Å². The van der Waals surface area contributed by atoms with Crippen LogP contribution in [0.25, 0.3) is 0 Å². The smallest absolute Gasteiger partial charge is 0.320 e. The number of likely N-dealkylation sites (tertiary alicyclic amines) is 1. The minimum absolute atomic E-state index is 0. The van der Waals surface area contributed by atoms with Crippen molar-refractivity contribution in [2.45, 2.75) is 18.9 Å². The number of nitrogens with zero attached hydrogens (tertiary/aromatic N) is 3. The lowest BCUT2D eigenvalue weighted by Crippen LogP contribution is -2.43. The molecule has 1 saturated heterocycles. The van der Waals surface area contributed by atoms with Crippen LogP contribution in [-0.2, 0) is 9.59 Å². The van der Waals surface area contributed by atoms with Crippen LogP contribution >= 0.6 is 12.4 Å². The zero-order chi connectivity index (χ0) is 16.3. The maximum Gasteiger partial charge on any atom is 0.320 e. The molecule has 0 aliphatic carbocycles. The summed E-state index contributed by atoms with van der Waals surface area (Å²) < 4.78 is 0. The fraction of sp³-hybridized carbons (Fsp3) is 0.429. The topological polar surface area (TPSA) is 104 Å². The SMILES string of the molecule is CN(C(=O)CN1CCCC1C(=O)O)c1ccc([N+](=O)[O-])cc1.Cl. The minimum Gasteiger partial charge on any atom is -0.480 e. The van der Waals surface area contributed by atoms with Gasteiger partial charge >= 0.3 is 5.97 Å². The number of carbonyl (C=O) groups excluding carboxylic acids is 1. The first kappa shape index (κ1) is 18.9. The maximum absolute atomic E-state index is 12.2. The number of hydrogen-bond donors (Lipinski definition) is 1. The number of nitro groups is 1. The van der Waals surface area contributed by atoms with Crippen LogP contribution in [0.1, 0.15) is 12.8 Å². The molecule has 1 aromatic carbocycles. The van der Waals surface area contributed by atoms with E-state index in [9.17, 15) is 19.7 Å². The van der Waals surface area contributed by atoms with Gasteiger partial charge in [0.05, 0.1) is 11.5 Å². The number of likely N-dealkylation sites (N-methyl/N-ethyl adjacent to an activating group) is 1. The van der Waals surface area contributed by atoms with E-state index in [2.05, 4.69) is 0 Å². The first-order valence-electron chi connectivity index (χ1n) is 6.88. The molecule has 126 valence electrons. The molecular weight excluding hydrogens is 326 g/mol. The zero-order valence-electron chi connectivity index (χ0n) is 12.5. The van der Waals surface area contributed by atoms with Gasteiger partial charge in [0.1, 0.15) is 6.04 Å². The van der Waals surface area contributed by atoms with E-state index >= 15 is 0 Å². The van der Waals surface area contributed by atoms with Crippen LogP contribution in [0.5, 0.6) is 0 Å². The van der Waals surface area contributed by atoms with Crippen molar-refractivity contribution in [3.8, 4) is 0 Å². The van der Waals surface area contributed by atoms with E-state index in [1.807, 2.05) is 0 Å². The summed E-state index contributed by atoms with van der Waals surface area (Å²) in [5.74, 6) is -1.16. The molecule has 0 radical (unpaired) electrons. The number of carboxylic acid groups (broad SMARTS) is 1. The zero-order valence-corrected chi connectivity index (χ0v) is 13.4. The van der Waals surface area contributed by atoms with Gasteiger partial charge in [-0.15, -0.1) is 12.4 Å². The van der Waals surface area contributed by atoms with Crippen molar-refractivity contribution < 1.29 is 19.6 Å². The monoisotopic (exact) mass is 343 g/mol. The van der Waals surface area contributed by atoms with Gasteiger partial charge in [0, 0.05) is 24.9 Å². The molecule has 1 amide bonds. The van der Waals surface area contributed by atoms with Crippen LogP contribution in [-0.4, -0.2) is 53.0 Å². The number of aliphatic carboxylic acids is 1. The average molecular weight is 344 g/mol. The third kappa shape index (κ3) is 4.40. The molecule has 1 unspecified atom stereocenters. The molecule has 1 fully saturated rings. The predicted octanol–water partition coefficient (Wildman–Crippen LogP) is 1.53. The standard InChI is InChI=1S/C14H17N3O5.ClH/c1-15(10-4-6-11(7-5-10)17(21)22)13(18)9-16-8-2-3-12(16)14(19)20;/h4-7,12H,2-3,8-9H2,1H3,(H,19,20);1H. The average Bonchev–Trinajstić information content (AvgIpc) is 2.94. The summed E-state index contributed by atoms with van der Waals surface area (Å²) in [5, 5.41) is 19.7. The van der Waals surface area contributed by atoms with Crippen LogP contribution < -0.4 is 4.90 Å². The highest BCUT2D eigenvalue weighted by molar-refractivity contribution is 5.94. The van der Waals surface area contributed by atoms with Crippen LogP contribution in [0.15, 0.2) is 24.3 Å². The molecule has 2 rings (SSSR count). The molecule has 1 N–H and O–H groups in total. The number of halogens is 1. The lowest BCUT2D eigenvalue weighted by molar-refractivity contribution is -0.384. The van der Waals surface area contributed by atoms with Crippen LogP contribution in [0.3, 0.4) is 0 Å². The maximum atomic E-state index is 12.2. The quantitative estimate of drug-likeness (QED) is 0.642. The third-order valence-corrected chi connectivity index (χ3v) is 3.81. The van der Waals surface area contributed by atoms with Crippen LogP contribution in [0.2, 0.25) is 0 Å². The number of rotatable bonds is 5. The van der Waals surface area contributed by atoms with Gasteiger partial charge in [0.15, 0.2) is 0 Å². The Kier molecular flexibility index (Phi) is 6.47. The van der Waals surface area contributed by atoms with Crippen molar-refractivity contribution in [1.82, 2.24) is 4.90 Å². The summed E-state index contributed by atoms with van der Waals surface area (Å²) in [7, 11) is 1.56. The van der Waals surface area contributed by atoms with E-state index in [4.69, 9.17) is 5.11 Å². The molecule has 1 aliphatic heterocycles. The molecule has 23 heavy (non-hydrogen) atoms. The Morgan fingerprint density at radius 1 is 1.39 bits per heavy atom. The summed E-state index contributed by atoms with van der Waals surface area (Å²) in [6.45, 7) is 0.598. The van der Waals surface area contributed by atoms with Crippen molar-refractivity contribution in [3.05, 3.63) is 34.4 Å². The lowest BCUT2D eigenvalue weighted by atomic mass is 10.2. The highest BCUT2D eigenvalue weighted by Gasteiger charge is 2.32. The summed E-state index contributed by atoms with van der Waals surface area (Å²) in [4.78, 5) is 36.5. The van der Waals surface area contributed by atoms with Gasteiger partial charge in [-0.2, -0.15) is 0 Å². The second-order valence-corrected chi connectivity index (χ2v) is 5.19. The van der Waals surface area contributed by atoms with Crippen molar-refractivity contribution in [1.29, 1.82) is 0 Å². The predicted molar refractivity (Wildman–Crippen MR) is 86.0 cm³/mol.